The number of likely N-dealkylation sites (tertiary alicyclic amines) is 1. The maximum absolute atomic E-state index is 12.4. The van der Waals surface area contributed by atoms with Crippen molar-refractivity contribution in [3.05, 3.63) is 29.8 Å². The molecule has 0 bridgehead atoms. The van der Waals surface area contributed by atoms with Crippen LogP contribution in [0.3, 0.4) is 0 Å². The van der Waals surface area contributed by atoms with Crippen LogP contribution in [0.4, 0.5) is 5.69 Å². The minimum atomic E-state index is 0.323. The number of para-hydroxylation sites is 1. The molecule has 0 radical (unpaired) electrons. The zero-order valence-corrected chi connectivity index (χ0v) is 15.8. The number of hydrogen-bond acceptors (Lipinski definition) is 4. The predicted octanol–water partition coefficient (Wildman–Crippen LogP) is 1.88. The van der Waals surface area contributed by atoms with Gasteiger partial charge in [0.1, 0.15) is 0 Å². The summed E-state index contributed by atoms with van der Waals surface area (Å²) in [5.74, 6) is 0.323. The molecule has 138 valence electrons. The Morgan fingerprint density at radius 1 is 0.920 bits per heavy atom. The number of benzene rings is 1. The smallest absolute Gasteiger partial charge is 0.236 e. The third-order valence-corrected chi connectivity index (χ3v) is 5.37. The summed E-state index contributed by atoms with van der Waals surface area (Å²) < 4.78 is 0. The first kappa shape index (κ1) is 18.2. The van der Waals surface area contributed by atoms with Gasteiger partial charge in [-0.05, 0) is 44.0 Å². The molecule has 0 saturated carbocycles. The number of nitrogens with zero attached hydrogens (tertiary/aromatic N) is 4. The summed E-state index contributed by atoms with van der Waals surface area (Å²) in [5, 5.41) is 0. The molecular weight excluding hydrogens is 312 g/mol. The highest BCUT2D eigenvalue weighted by Gasteiger charge is 2.22. The summed E-state index contributed by atoms with van der Waals surface area (Å²) in [5.41, 5.74) is 2.68. The van der Waals surface area contributed by atoms with Gasteiger partial charge in [0, 0.05) is 52.5 Å². The maximum atomic E-state index is 12.4. The van der Waals surface area contributed by atoms with Gasteiger partial charge >= 0.3 is 0 Å². The quantitative estimate of drug-likeness (QED) is 0.816. The van der Waals surface area contributed by atoms with Gasteiger partial charge in [-0.15, -0.1) is 0 Å². The van der Waals surface area contributed by atoms with Crippen molar-refractivity contribution in [2.75, 3.05) is 64.8 Å². The fourth-order valence-corrected chi connectivity index (χ4v) is 3.92. The van der Waals surface area contributed by atoms with Crippen LogP contribution in [0.15, 0.2) is 24.3 Å². The monoisotopic (exact) mass is 344 g/mol. The molecule has 2 saturated heterocycles. The lowest BCUT2D eigenvalue weighted by molar-refractivity contribution is -0.131. The van der Waals surface area contributed by atoms with E-state index >= 15 is 0 Å². The molecule has 2 aliphatic rings. The van der Waals surface area contributed by atoms with E-state index in [4.69, 9.17) is 0 Å². The molecule has 5 heteroatoms. The number of carbonyl (C=O) groups excluding carboxylic acids is 1. The first-order valence-corrected chi connectivity index (χ1v) is 9.61. The summed E-state index contributed by atoms with van der Waals surface area (Å²) in [7, 11) is 4.21. The largest absolute Gasteiger partial charge is 0.377 e. The SMILES string of the molecule is CN(C)c1ccccc1CN1CCCN(CC(=O)N2CCCC2)CC1. The molecule has 2 fully saturated rings. The normalized spacial score (nSPS) is 19.8. The molecular formula is C20H32N4O. The van der Waals surface area contributed by atoms with Crippen LogP contribution in [0, 0.1) is 0 Å². The summed E-state index contributed by atoms with van der Waals surface area (Å²) in [6, 6.07) is 8.65. The molecule has 0 aliphatic carbocycles. The third-order valence-electron chi connectivity index (χ3n) is 5.37. The zero-order chi connectivity index (χ0) is 17.6. The van der Waals surface area contributed by atoms with Crippen LogP contribution in [0.1, 0.15) is 24.8 Å². The fraction of sp³-hybridized carbons (Fsp3) is 0.650. The Balaban J connectivity index is 1.52. The van der Waals surface area contributed by atoms with Gasteiger partial charge in [-0.2, -0.15) is 0 Å². The van der Waals surface area contributed by atoms with Crippen LogP contribution >= 0.6 is 0 Å². The Morgan fingerprint density at radius 2 is 1.60 bits per heavy atom. The lowest BCUT2D eigenvalue weighted by Gasteiger charge is -2.25. The molecule has 1 aromatic carbocycles. The summed E-state index contributed by atoms with van der Waals surface area (Å²) in [4.78, 5) is 21.5. The van der Waals surface area contributed by atoms with E-state index in [0.717, 1.165) is 52.2 Å². The van der Waals surface area contributed by atoms with E-state index in [2.05, 4.69) is 53.1 Å². The van der Waals surface area contributed by atoms with Gasteiger partial charge in [-0.25, -0.2) is 0 Å². The van der Waals surface area contributed by atoms with Crippen molar-refractivity contribution in [3.8, 4) is 0 Å². The molecule has 5 nitrogen and oxygen atoms in total. The van der Waals surface area contributed by atoms with E-state index in [1.165, 1.54) is 24.1 Å². The summed E-state index contributed by atoms with van der Waals surface area (Å²) in [6.45, 7) is 7.67. The molecule has 0 N–H and O–H groups in total. The van der Waals surface area contributed by atoms with Crippen LogP contribution in [0.5, 0.6) is 0 Å². The predicted molar refractivity (Wildman–Crippen MR) is 103 cm³/mol. The van der Waals surface area contributed by atoms with Crippen molar-refractivity contribution in [2.24, 2.45) is 0 Å². The van der Waals surface area contributed by atoms with Crippen LogP contribution < -0.4 is 4.90 Å². The molecule has 1 aromatic rings. The van der Waals surface area contributed by atoms with Gasteiger partial charge < -0.3 is 9.80 Å². The zero-order valence-electron chi connectivity index (χ0n) is 15.8. The number of carbonyl (C=O) groups is 1. The van der Waals surface area contributed by atoms with Gasteiger partial charge in [-0.1, -0.05) is 18.2 Å². The second kappa shape index (κ2) is 8.68. The number of hydrogen-bond donors (Lipinski definition) is 0. The molecule has 0 atom stereocenters. The minimum absolute atomic E-state index is 0.323. The maximum Gasteiger partial charge on any atom is 0.236 e. The number of rotatable bonds is 5. The molecule has 0 unspecified atom stereocenters. The highest BCUT2D eigenvalue weighted by molar-refractivity contribution is 5.78. The Kier molecular flexibility index (Phi) is 6.32. The highest BCUT2D eigenvalue weighted by Crippen LogP contribution is 2.20. The van der Waals surface area contributed by atoms with Crippen molar-refractivity contribution in [1.82, 2.24) is 14.7 Å². The van der Waals surface area contributed by atoms with E-state index < -0.39 is 0 Å². The molecule has 25 heavy (non-hydrogen) atoms. The van der Waals surface area contributed by atoms with E-state index in [1.807, 2.05) is 4.90 Å². The molecule has 1 amide bonds. The lowest BCUT2D eigenvalue weighted by Crippen LogP contribution is -2.40. The van der Waals surface area contributed by atoms with E-state index in [1.54, 1.807) is 0 Å². The Hall–Kier alpha value is -1.59. The van der Waals surface area contributed by atoms with Crippen molar-refractivity contribution in [3.63, 3.8) is 0 Å². The van der Waals surface area contributed by atoms with Crippen molar-refractivity contribution in [2.45, 2.75) is 25.8 Å². The van der Waals surface area contributed by atoms with Crippen molar-refractivity contribution < 1.29 is 4.79 Å². The number of anilines is 1. The fourth-order valence-electron chi connectivity index (χ4n) is 3.92. The Labute approximate surface area is 152 Å². The summed E-state index contributed by atoms with van der Waals surface area (Å²) >= 11 is 0. The minimum Gasteiger partial charge on any atom is -0.377 e. The first-order chi connectivity index (χ1) is 12.1. The van der Waals surface area contributed by atoms with Crippen LogP contribution in [0.25, 0.3) is 0 Å². The molecule has 3 rings (SSSR count). The molecule has 2 heterocycles. The van der Waals surface area contributed by atoms with E-state index in [9.17, 15) is 4.79 Å². The van der Waals surface area contributed by atoms with Gasteiger partial charge in [-0.3, -0.25) is 14.6 Å². The van der Waals surface area contributed by atoms with E-state index in [0.29, 0.717) is 12.5 Å². The van der Waals surface area contributed by atoms with Gasteiger partial charge in [0.2, 0.25) is 5.91 Å². The number of amides is 1. The molecule has 0 aromatic heterocycles. The van der Waals surface area contributed by atoms with Crippen LogP contribution in [-0.4, -0.2) is 80.5 Å². The molecule has 2 aliphatic heterocycles. The second-order valence-corrected chi connectivity index (χ2v) is 7.52. The first-order valence-electron chi connectivity index (χ1n) is 9.61. The van der Waals surface area contributed by atoms with Gasteiger partial charge in [0.05, 0.1) is 6.54 Å². The van der Waals surface area contributed by atoms with Crippen LogP contribution in [0.2, 0.25) is 0 Å². The Morgan fingerprint density at radius 3 is 2.36 bits per heavy atom. The van der Waals surface area contributed by atoms with Crippen LogP contribution in [-0.2, 0) is 11.3 Å². The summed E-state index contributed by atoms with van der Waals surface area (Å²) in [6.07, 6.45) is 3.48. The average Bonchev–Trinajstić information content (AvgIpc) is 3.06. The Bertz CT molecular complexity index is 569. The van der Waals surface area contributed by atoms with Gasteiger partial charge in [0.15, 0.2) is 0 Å². The van der Waals surface area contributed by atoms with Gasteiger partial charge in [0.25, 0.3) is 0 Å². The molecule has 0 spiro atoms. The average molecular weight is 345 g/mol. The third kappa shape index (κ3) is 4.95. The highest BCUT2D eigenvalue weighted by atomic mass is 16.2. The van der Waals surface area contributed by atoms with Crippen molar-refractivity contribution in [1.29, 1.82) is 0 Å². The van der Waals surface area contributed by atoms with Crippen molar-refractivity contribution >= 4 is 11.6 Å². The topological polar surface area (TPSA) is 30.0 Å². The lowest BCUT2D eigenvalue weighted by atomic mass is 10.1. The second-order valence-electron chi connectivity index (χ2n) is 7.52. The standard InChI is InChI=1S/C20H32N4O/c1-21(2)19-9-4-3-8-18(19)16-22-10-7-11-23(15-14-22)17-20(25)24-12-5-6-13-24/h3-4,8-9H,5-7,10-17H2,1-2H3. The van der Waals surface area contributed by atoms with E-state index in [-0.39, 0.29) is 0 Å².